The smallest absolute Gasteiger partial charge is 0.308 e. The number of rotatable bonds is 4. The van der Waals surface area contributed by atoms with E-state index in [2.05, 4.69) is 17.3 Å². The van der Waals surface area contributed by atoms with Gasteiger partial charge in [-0.1, -0.05) is 31.5 Å². The van der Waals surface area contributed by atoms with Crippen molar-refractivity contribution < 1.29 is 14.0 Å². The van der Waals surface area contributed by atoms with Crippen LogP contribution in [-0.4, -0.2) is 16.5 Å². The van der Waals surface area contributed by atoms with Gasteiger partial charge in [-0.2, -0.15) is 0 Å². The van der Waals surface area contributed by atoms with E-state index >= 15 is 0 Å². The average Bonchev–Trinajstić information content (AvgIpc) is 2.04. The van der Waals surface area contributed by atoms with Crippen molar-refractivity contribution in [3.63, 3.8) is 0 Å². The molecular weight excluding hydrogens is 209 g/mol. The second-order valence-corrected chi connectivity index (χ2v) is 4.88. The molecule has 0 heterocycles. The molecule has 0 aromatic carbocycles. The summed E-state index contributed by atoms with van der Waals surface area (Å²) in [6, 6.07) is 0. The third kappa shape index (κ3) is 4.18. The molecule has 0 saturated heterocycles. The Labute approximate surface area is 83.3 Å². The van der Waals surface area contributed by atoms with Crippen LogP contribution in [0.4, 0.5) is 0 Å². The molecule has 1 unspecified atom stereocenters. The van der Waals surface area contributed by atoms with E-state index in [1.165, 1.54) is 6.42 Å². The highest BCUT2D eigenvalue weighted by Gasteiger charge is 2.24. The van der Waals surface area contributed by atoms with Crippen molar-refractivity contribution in [2.45, 2.75) is 38.2 Å². The first-order valence-corrected chi connectivity index (χ1v) is 6.41. The summed E-state index contributed by atoms with van der Waals surface area (Å²) in [4.78, 5) is 9.19. The third-order valence-corrected chi connectivity index (χ3v) is 3.39. The molecule has 0 aliphatic heterocycles. The van der Waals surface area contributed by atoms with Crippen molar-refractivity contribution >= 4 is 25.5 Å². The van der Waals surface area contributed by atoms with Gasteiger partial charge in [-0.15, -0.1) is 0 Å². The van der Waals surface area contributed by atoms with Crippen LogP contribution in [0.1, 0.15) is 32.1 Å². The molecule has 6 heteroatoms. The van der Waals surface area contributed by atoms with Gasteiger partial charge in [-0.3, -0.25) is 9.61 Å². The summed E-state index contributed by atoms with van der Waals surface area (Å²) in [7, 11) is -3.67. The average molecular weight is 223 g/mol. The van der Waals surface area contributed by atoms with Gasteiger partial charge >= 0.3 is 7.75 Å². The van der Waals surface area contributed by atoms with Crippen molar-refractivity contribution in [1.82, 2.24) is 5.09 Å². The van der Waals surface area contributed by atoms with Crippen LogP contribution in [0.25, 0.3) is 0 Å². The quantitative estimate of drug-likeness (QED) is 0.563. The van der Waals surface area contributed by atoms with Gasteiger partial charge in [0.1, 0.15) is 0 Å². The molecule has 4 nitrogen and oxygen atoms in total. The maximum atomic E-state index is 11.2. The summed E-state index contributed by atoms with van der Waals surface area (Å²) in [5, 5.41) is 2.15. The lowest BCUT2D eigenvalue weighted by molar-refractivity contribution is 0.133. The molecule has 0 spiro atoms. The van der Waals surface area contributed by atoms with Crippen LogP contribution >= 0.6 is 20.0 Å². The molecule has 1 aliphatic carbocycles. The minimum atomic E-state index is -3.67. The van der Waals surface area contributed by atoms with E-state index in [0.29, 0.717) is 0 Å². The first-order chi connectivity index (χ1) is 6.14. The molecule has 0 aromatic heterocycles. The maximum Gasteiger partial charge on any atom is 0.430 e. The third-order valence-electron chi connectivity index (χ3n) is 2.06. The van der Waals surface area contributed by atoms with Crippen molar-refractivity contribution in [2.24, 2.45) is 0 Å². The molecule has 1 aliphatic rings. The fraction of sp³-hybridized carbons (Fsp3) is 0.857. The highest BCUT2D eigenvalue weighted by Crippen LogP contribution is 2.40. The van der Waals surface area contributed by atoms with E-state index in [4.69, 9.17) is 4.52 Å². The zero-order valence-corrected chi connectivity index (χ0v) is 9.02. The molecule has 2 N–H and O–H groups in total. The Hall–Kier alpha value is 0.0400. The van der Waals surface area contributed by atoms with E-state index in [1.807, 2.05) is 0 Å². The second-order valence-electron chi connectivity index (χ2n) is 3.13. The Morgan fingerprint density at radius 2 is 2.08 bits per heavy atom. The van der Waals surface area contributed by atoms with Gasteiger partial charge < -0.3 is 4.89 Å². The summed E-state index contributed by atoms with van der Waals surface area (Å²) in [5.74, 6) is 0. The molecule has 0 aromatic rings. The minimum absolute atomic E-state index is 0.0907. The lowest BCUT2D eigenvalue weighted by Crippen LogP contribution is -2.19. The number of nitrogens with one attached hydrogen (secondary N) is 1. The van der Waals surface area contributed by atoms with Crippen molar-refractivity contribution in [3.05, 3.63) is 0 Å². The predicted octanol–water partition coefficient (Wildman–Crippen LogP) is 1.98. The topological polar surface area (TPSA) is 58.6 Å². The van der Waals surface area contributed by atoms with Crippen LogP contribution in [0.15, 0.2) is 0 Å². The minimum Gasteiger partial charge on any atom is -0.308 e. The summed E-state index contributed by atoms with van der Waals surface area (Å²) in [6.07, 6.45) is 4.97. The summed E-state index contributed by atoms with van der Waals surface area (Å²) in [6.45, 7) is 0. The molecular formula is C7H14NO3PS. The highest BCUT2D eigenvalue weighted by molar-refractivity contribution is 7.79. The fourth-order valence-corrected chi connectivity index (χ4v) is 2.68. The zero-order chi connectivity index (χ0) is 9.73. The number of hydrogen-bond acceptors (Lipinski definition) is 3. The van der Waals surface area contributed by atoms with Crippen LogP contribution in [0.2, 0.25) is 0 Å². The molecule has 0 bridgehead atoms. The Balaban J connectivity index is 2.36. The molecule has 1 fully saturated rings. The van der Waals surface area contributed by atoms with Gasteiger partial charge in [0, 0.05) is 0 Å². The second kappa shape index (κ2) is 5.05. The van der Waals surface area contributed by atoms with Crippen LogP contribution < -0.4 is 5.09 Å². The molecule has 76 valence electrons. The predicted molar refractivity (Wildman–Crippen MR) is 54.6 cm³/mol. The van der Waals surface area contributed by atoms with Crippen molar-refractivity contribution in [1.29, 1.82) is 0 Å². The Kier molecular flexibility index (Phi) is 4.32. The molecule has 1 saturated carbocycles. The molecule has 1 rings (SSSR count). The highest BCUT2D eigenvalue weighted by atomic mass is 32.1. The van der Waals surface area contributed by atoms with Crippen LogP contribution in [-0.2, 0) is 9.09 Å². The van der Waals surface area contributed by atoms with E-state index in [1.54, 1.807) is 0 Å². The summed E-state index contributed by atoms with van der Waals surface area (Å²) in [5.41, 5.74) is 1.02. The van der Waals surface area contributed by atoms with Crippen molar-refractivity contribution in [2.75, 3.05) is 0 Å². The fourth-order valence-electron chi connectivity index (χ4n) is 1.47. The standard InChI is InChI=1S/C7H14NO3PS/c9-12(10,8-6-13)11-7-4-2-1-3-5-7/h6-7H,1-5H2,(H2,8,9,10,13). The van der Waals surface area contributed by atoms with E-state index in [-0.39, 0.29) is 6.10 Å². The largest absolute Gasteiger partial charge is 0.430 e. The molecule has 1 atom stereocenters. The Morgan fingerprint density at radius 3 is 2.62 bits per heavy atom. The van der Waals surface area contributed by atoms with Gasteiger partial charge in [-0.05, 0) is 12.8 Å². The van der Waals surface area contributed by atoms with E-state index in [9.17, 15) is 9.46 Å². The first-order valence-electron chi connectivity index (χ1n) is 4.37. The van der Waals surface area contributed by atoms with Crippen LogP contribution in [0, 0.1) is 0 Å². The molecule has 0 radical (unpaired) electrons. The first kappa shape index (κ1) is 11.1. The van der Waals surface area contributed by atoms with Gasteiger partial charge in [0.2, 0.25) is 0 Å². The maximum absolute atomic E-state index is 11.2. The van der Waals surface area contributed by atoms with Crippen LogP contribution in [0.3, 0.4) is 0 Å². The van der Waals surface area contributed by atoms with Gasteiger partial charge in [0.25, 0.3) is 0 Å². The van der Waals surface area contributed by atoms with Gasteiger partial charge in [-0.25, -0.2) is 4.57 Å². The van der Waals surface area contributed by atoms with Crippen LogP contribution in [0.5, 0.6) is 0 Å². The van der Waals surface area contributed by atoms with E-state index < -0.39 is 7.75 Å². The lowest BCUT2D eigenvalue weighted by atomic mass is 9.98. The van der Waals surface area contributed by atoms with E-state index in [0.717, 1.165) is 31.2 Å². The zero-order valence-electron chi connectivity index (χ0n) is 7.31. The SMILES string of the molecule is O=P(O)(NC=S)OC1CCCCC1. The number of hydrogen-bond donors (Lipinski definition) is 2. The van der Waals surface area contributed by atoms with Crippen molar-refractivity contribution in [3.8, 4) is 0 Å². The number of thiocarbonyl (C=S) groups is 1. The molecule has 0 amide bonds. The Bertz CT molecular complexity index is 218. The summed E-state index contributed by atoms with van der Waals surface area (Å²) < 4.78 is 16.2. The monoisotopic (exact) mass is 223 g/mol. The summed E-state index contributed by atoms with van der Waals surface area (Å²) >= 11 is 4.42. The Morgan fingerprint density at radius 1 is 1.46 bits per heavy atom. The van der Waals surface area contributed by atoms with Gasteiger partial charge in [0.15, 0.2) is 0 Å². The normalized spacial score (nSPS) is 23.5. The molecule has 13 heavy (non-hydrogen) atoms. The van der Waals surface area contributed by atoms with Gasteiger partial charge in [0.05, 0.1) is 11.6 Å². The lowest BCUT2D eigenvalue weighted by Gasteiger charge is -2.23.